The van der Waals surface area contributed by atoms with Crippen LogP contribution in [0.25, 0.3) is 0 Å². The second-order valence-electron chi connectivity index (χ2n) is 4.36. The molecule has 0 radical (unpaired) electrons. The van der Waals surface area contributed by atoms with Crippen LogP contribution in [0.5, 0.6) is 0 Å². The number of ether oxygens (including phenoxy) is 1. The van der Waals surface area contributed by atoms with E-state index in [1.807, 2.05) is 12.1 Å². The zero-order valence-electron chi connectivity index (χ0n) is 11.0. The Balaban J connectivity index is 2.50. The Hall–Kier alpha value is -1.84. The predicted molar refractivity (Wildman–Crippen MR) is 70.0 cm³/mol. The van der Waals surface area contributed by atoms with Crippen LogP contribution in [-0.2, 0) is 20.9 Å². The van der Waals surface area contributed by atoms with E-state index in [2.05, 4.69) is 5.32 Å². The van der Waals surface area contributed by atoms with Crippen molar-refractivity contribution in [2.45, 2.75) is 33.8 Å². The molecule has 0 saturated heterocycles. The molecule has 0 aliphatic heterocycles. The molecule has 18 heavy (non-hydrogen) atoms. The number of esters is 1. The smallest absolute Gasteiger partial charge is 0.308 e. The van der Waals surface area contributed by atoms with Gasteiger partial charge in [0.1, 0.15) is 6.61 Å². The van der Waals surface area contributed by atoms with E-state index in [4.69, 9.17) is 4.74 Å². The Kier molecular flexibility index (Phi) is 5.36. The molecule has 0 atom stereocenters. The van der Waals surface area contributed by atoms with E-state index in [1.165, 1.54) is 0 Å². The van der Waals surface area contributed by atoms with Gasteiger partial charge in [0.15, 0.2) is 0 Å². The lowest BCUT2D eigenvalue weighted by atomic mass is 10.2. The van der Waals surface area contributed by atoms with Crippen molar-refractivity contribution in [1.29, 1.82) is 0 Å². The fourth-order valence-corrected chi connectivity index (χ4v) is 1.25. The molecule has 0 aromatic heterocycles. The van der Waals surface area contributed by atoms with Crippen molar-refractivity contribution in [3.8, 4) is 0 Å². The van der Waals surface area contributed by atoms with Crippen molar-refractivity contribution in [3.63, 3.8) is 0 Å². The number of carbonyl (C=O) groups is 2. The van der Waals surface area contributed by atoms with Crippen LogP contribution in [0.4, 0.5) is 5.69 Å². The van der Waals surface area contributed by atoms with Gasteiger partial charge in [-0.15, -0.1) is 0 Å². The molecule has 0 bridgehead atoms. The average Bonchev–Trinajstić information content (AvgIpc) is 2.37. The van der Waals surface area contributed by atoms with Gasteiger partial charge in [0, 0.05) is 12.1 Å². The lowest BCUT2D eigenvalue weighted by Gasteiger charge is -2.08. The van der Waals surface area contributed by atoms with Crippen LogP contribution in [0.15, 0.2) is 24.3 Å². The molecule has 0 aliphatic carbocycles. The van der Waals surface area contributed by atoms with Crippen LogP contribution in [-0.4, -0.2) is 11.9 Å². The number of amides is 1. The first-order chi connectivity index (χ1) is 8.52. The standard InChI is InChI=1S/C14H19NO3/c1-4-13(16)15-12-7-5-11(6-8-12)9-18-14(17)10(2)3/h5-8,10H,4,9H2,1-3H3,(H,15,16). The monoisotopic (exact) mass is 249 g/mol. The Labute approximate surface area is 107 Å². The van der Waals surface area contributed by atoms with Gasteiger partial charge in [0.25, 0.3) is 0 Å². The molecule has 0 fully saturated rings. The molecule has 4 heteroatoms. The van der Waals surface area contributed by atoms with E-state index in [1.54, 1.807) is 32.9 Å². The molecule has 4 nitrogen and oxygen atoms in total. The Morgan fingerprint density at radius 2 is 1.83 bits per heavy atom. The van der Waals surface area contributed by atoms with E-state index in [0.29, 0.717) is 6.42 Å². The first-order valence-corrected chi connectivity index (χ1v) is 6.08. The summed E-state index contributed by atoms with van der Waals surface area (Å²) in [7, 11) is 0. The van der Waals surface area contributed by atoms with Gasteiger partial charge in [-0.2, -0.15) is 0 Å². The molecular weight excluding hydrogens is 230 g/mol. The predicted octanol–water partition coefficient (Wildman–Crippen LogP) is 2.73. The normalized spacial score (nSPS) is 10.2. The number of anilines is 1. The first kappa shape index (κ1) is 14.2. The first-order valence-electron chi connectivity index (χ1n) is 6.08. The summed E-state index contributed by atoms with van der Waals surface area (Å²) >= 11 is 0. The topological polar surface area (TPSA) is 55.4 Å². The summed E-state index contributed by atoms with van der Waals surface area (Å²) < 4.78 is 5.11. The molecule has 0 aliphatic rings. The molecule has 1 aromatic rings. The van der Waals surface area contributed by atoms with E-state index < -0.39 is 0 Å². The van der Waals surface area contributed by atoms with E-state index in [0.717, 1.165) is 11.3 Å². The van der Waals surface area contributed by atoms with Crippen molar-refractivity contribution >= 4 is 17.6 Å². The van der Waals surface area contributed by atoms with Crippen molar-refractivity contribution in [2.24, 2.45) is 5.92 Å². The summed E-state index contributed by atoms with van der Waals surface area (Å²) in [6.45, 7) is 5.66. The minimum Gasteiger partial charge on any atom is -0.461 e. The average molecular weight is 249 g/mol. The highest BCUT2D eigenvalue weighted by atomic mass is 16.5. The number of rotatable bonds is 5. The summed E-state index contributed by atoms with van der Waals surface area (Å²) in [5.41, 5.74) is 1.65. The third-order valence-electron chi connectivity index (χ3n) is 2.41. The van der Waals surface area contributed by atoms with Gasteiger partial charge in [-0.25, -0.2) is 0 Å². The van der Waals surface area contributed by atoms with Crippen molar-refractivity contribution in [1.82, 2.24) is 0 Å². The number of hydrogen-bond donors (Lipinski definition) is 1. The molecule has 0 saturated carbocycles. The van der Waals surface area contributed by atoms with Crippen LogP contribution >= 0.6 is 0 Å². The molecule has 1 rings (SSSR count). The molecule has 0 unspecified atom stereocenters. The minimum atomic E-state index is -0.210. The Bertz CT molecular complexity index is 410. The summed E-state index contributed by atoms with van der Waals surface area (Å²) in [4.78, 5) is 22.5. The highest BCUT2D eigenvalue weighted by molar-refractivity contribution is 5.90. The third-order valence-corrected chi connectivity index (χ3v) is 2.41. The molecule has 1 amide bonds. The molecular formula is C14H19NO3. The lowest BCUT2D eigenvalue weighted by Crippen LogP contribution is -2.11. The van der Waals surface area contributed by atoms with Crippen molar-refractivity contribution < 1.29 is 14.3 Å². The van der Waals surface area contributed by atoms with Crippen LogP contribution in [0.1, 0.15) is 32.8 Å². The van der Waals surface area contributed by atoms with Gasteiger partial charge < -0.3 is 10.1 Å². The third kappa shape index (κ3) is 4.57. The summed E-state index contributed by atoms with van der Waals surface area (Å²) in [5, 5.41) is 2.76. The van der Waals surface area contributed by atoms with Crippen LogP contribution in [0, 0.1) is 5.92 Å². The fourth-order valence-electron chi connectivity index (χ4n) is 1.25. The van der Waals surface area contributed by atoms with E-state index in [-0.39, 0.29) is 24.4 Å². The maximum Gasteiger partial charge on any atom is 0.308 e. The molecule has 0 spiro atoms. The van der Waals surface area contributed by atoms with Gasteiger partial charge in [-0.05, 0) is 17.7 Å². The number of benzene rings is 1. The van der Waals surface area contributed by atoms with Crippen LogP contribution in [0.2, 0.25) is 0 Å². The fraction of sp³-hybridized carbons (Fsp3) is 0.429. The van der Waals surface area contributed by atoms with Crippen molar-refractivity contribution in [3.05, 3.63) is 29.8 Å². The quantitative estimate of drug-likeness (QED) is 0.816. The van der Waals surface area contributed by atoms with E-state index >= 15 is 0 Å². The maximum absolute atomic E-state index is 11.3. The van der Waals surface area contributed by atoms with Gasteiger partial charge in [0.05, 0.1) is 5.92 Å². The van der Waals surface area contributed by atoms with Crippen molar-refractivity contribution in [2.75, 3.05) is 5.32 Å². The SMILES string of the molecule is CCC(=O)Nc1ccc(COC(=O)C(C)C)cc1. The Morgan fingerprint density at radius 1 is 1.22 bits per heavy atom. The summed E-state index contributed by atoms with van der Waals surface area (Å²) in [5.74, 6) is -0.347. The number of hydrogen-bond acceptors (Lipinski definition) is 3. The second kappa shape index (κ2) is 6.79. The molecule has 98 valence electrons. The minimum absolute atomic E-state index is 0.0195. The zero-order valence-corrected chi connectivity index (χ0v) is 11.0. The molecule has 1 aromatic carbocycles. The lowest BCUT2D eigenvalue weighted by molar-refractivity contribution is -0.148. The van der Waals surface area contributed by atoms with Gasteiger partial charge >= 0.3 is 5.97 Å². The number of nitrogens with one attached hydrogen (secondary N) is 1. The Morgan fingerprint density at radius 3 is 2.33 bits per heavy atom. The number of carbonyl (C=O) groups excluding carboxylic acids is 2. The van der Waals surface area contributed by atoms with Gasteiger partial charge in [-0.1, -0.05) is 32.9 Å². The van der Waals surface area contributed by atoms with Crippen LogP contribution < -0.4 is 5.32 Å². The highest BCUT2D eigenvalue weighted by Gasteiger charge is 2.08. The largest absolute Gasteiger partial charge is 0.461 e. The van der Waals surface area contributed by atoms with Gasteiger partial charge in [0.2, 0.25) is 5.91 Å². The molecule has 0 heterocycles. The summed E-state index contributed by atoms with van der Waals surface area (Å²) in [6, 6.07) is 7.26. The molecule has 1 N–H and O–H groups in total. The zero-order chi connectivity index (χ0) is 13.5. The van der Waals surface area contributed by atoms with E-state index in [9.17, 15) is 9.59 Å². The maximum atomic E-state index is 11.3. The summed E-state index contributed by atoms with van der Waals surface area (Å²) in [6.07, 6.45) is 0.452. The van der Waals surface area contributed by atoms with Crippen LogP contribution in [0.3, 0.4) is 0 Å². The second-order valence-corrected chi connectivity index (χ2v) is 4.36. The van der Waals surface area contributed by atoms with Gasteiger partial charge in [-0.3, -0.25) is 9.59 Å². The highest BCUT2D eigenvalue weighted by Crippen LogP contribution is 2.11.